The van der Waals surface area contributed by atoms with Crippen LogP contribution in [0.15, 0.2) is 54.1 Å². The highest BCUT2D eigenvalue weighted by molar-refractivity contribution is 6.30. The average molecular weight is 299 g/mol. The van der Waals surface area contributed by atoms with Gasteiger partial charge >= 0.3 is 0 Å². The monoisotopic (exact) mass is 298 g/mol. The maximum Gasteiger partial charge on any atom is 0.266 e. The Morgan fingerprint density at radius 2 is 1.86 bits per heavy atom. The predicted octanol–water partition coefficient (Wildman–Crippen LogP) is 3.59. The summed E-state index contributed by atoms with van der Waals surface area (Å²) in [7, 11) is 0. The number of nitrogens with zero attached hydrogens (tertiary/aromatic N) is 1. The molecule has 2 N–H and O–H groups in total. The number of halogens is 1. The van der Waals surface area contributed by atoms with Crippen LogP contribution in [-0.2, 0) is 4.79 Å². The van der Waals surface area contributed by atoms with Gasteiger partial charge < -0.3 is 10.4 Å². The minimum absolute atomic E-state index is 0.00421. The van der Waals surface area contributed by atoms with Crippen LogP contribution in [0.1, 0.15) is 5.56 Å². The maximum absolute atomic E-state index is 12.0. The summed E-state index contributed by atoms with van der Waals surface area (Å²) in [4.78, 5) is 12.0. The van der Waals surface area contributed by atoms with E-state index in [1.54, 1.807) is 42.5 Å². The first kappa shape index (κ1) is 14.6. The Labute approximate surface area is 126 Å². The molecule has 0 atom stereocenters. The largest absolute Gasteiger partial charge is 0.507 e. The molecule has 2 rings (SSSR count). The summed E-state index contributed by atoms with van der Waals surface area (Å²) >= 11 is 5.76. The Hall–Kier alpha value is -2.77. The van der Waals surface area contributed by atoms with Gasteiger partial charge in [0.05, 0.1) is 0 Å². The summed E-state index contributed by atoms with van der Waals surface area (Å²) in [5.41, 5.74) is 0.828. The van der Waals surface area contributed by atoms with E-state index in [0.29, 0.717) is 16.3 Å². The summed E-state index contributed by atoms with van der Waals surface area (Å²) in [6.07, 6.45) is 1.33. The molecule has 0 aliphatic rings. The van der Waals surface area contributed by atoms with E-state index in [1.807, 2.05) is 6.07 Å². The van der Waals surface area contributed by atoms with E-state index in [-0.39, 0.29) is 11.3 Å². The smallest absolute Gasteiger partial charge is 0.266 e. The van der Waals surface area contributed by atoms with Crippen LogP contribution in [0.5, 0.6) is 5.75 Å². The van der Waals surface area contributed by atoms with Crippen molar-refractivity contribution in [3.63, 3.8) is 0 Å². The molecule has 104 valence electrons. The summed E-state index contributed by atoms with van der Waals surface area (Å²) in [6.45, 7) is 0. The first-order chi connectivity index (χ1) is 10.1. The molecule has 1 amide bonds. The van der Waals surface area contributed by atoms with Crippen LogP contribution >= 0.6 is 11.6 Å². The molecule has 4 nitrogen and oxygen atoms in total. The summed E-state index contributed by atoms with van der Waals surface area (Å²) < 4.78 is 0. The molecule has 0 saturated heterocycles. The van der Waals surface area contributed by atoms with Crippen molar-refractivity contribution in [1.29, 1.82) is 5.26 Å². The second-order valence-corrected chi connectivity index (χ2v) is 4.63. The zero-order valence-corrected chi connectivity index (χ0v) is 11.6. The normalized spacial score (nSPS) is 10.8. The number of hydrogen-bond donors (Lipinski definition) is 2. The molecule has 0 fully saturated rings. The number of anilines is 1. The third-order valence-electron chi connectivity index (χ3n) is 2.70. The maximum atomic E-state index is 12.0. The molecule has 0 aromatic heterocycles. The Morgan fingerprint density at radius 1 is 1.19 bits per heavy atom. The molecule has 0 heterocycles. The minimum atomic E-state index is -0.553. The third-order valence-corrected chi connectivity index (χ3v) is 2.96. The van der Waals surface area contributed by atoms with Gasteiger partial charge in [0, 0.05) is 16.3 Å². The van der Waals surface area contributed by atoms with Crippen LogP contribution in [0.4, 0.5) is 5.69 Å². The highest BCUT2D eigenvalue weighted by Crippen LogP contribution is 2.20. The number of amides is 1. The number of hydrogen-bond acceptors (Lipinski definition) is 3. The topological polar surface area (TPSA) is 73.1 Å². The third kappa shape index (κ3) is 3.85. The van der Waals surface area contributed by atoms with Crippen molar-refractivity contribution in [3.8, 4) is 11.8 Å². The first-order valence-corrected chi connectivity index (χ1v) is 6.44. The molecule has 0 aliphatic carbocycles. The predicted molar refractivity (Wildman–Crippen MR) is 81.8 cm³/mol. The van der Waals surface area contributed by atoms with Gasteiger partial charge in [-0.15, -0.1) is 0 Å². The Bertz CT molecular complexity index is 731. The zero-order valence-electron chi connectivity index (χ0n) is 10.9. The van der Waals surface area contributed by atoms with Gasteiger partial charge in [-0.1, -0.05) is 29.8 Å². The SMILES string of the molecule is N#CC(=Cc1ccccc1O)C(=O)Nc1ccc(Cl)cc1. The lowest BCUT2D eigenvalue weighted by molar-refractivity contribution is -0.112. The number of phenolic OH excluding ortho intramolecular Hbond substituents is 1. The molecule has 2 aromatic rings. The molecule has 21 heavy (non-hydrogen) atoms. The van der Waals surface area contributed by atoms with E-state index in [2.05, 4.69) is 5.32 Å². The van der Waals surface area contributed by atoms with E-state index in [4.69, 9.17) is 16.9 Å². The van der Waals surface area contributed by atoms with E-state index >= 15 is 0 Å². The fraction of sp³-hybridized carbons (Fsp3) is 0. The number of aromatic hydroxyl groups is 1. The number of phenols is 1. The molecule has 0 radical (unpaired) electrons. The molecular formula is C16H11ClN2O2. The lowest BCUT2D eigenvalue weighted by atomic mass is 10.1. The molecule has 0 aliphatic heterocycles. The van der Waals surface area contributed by atoms with Crippen LogP contribution in [-0.4, -0.2) is 11.0 Å². The van der Waals surface area contributed by atoms with Gasteiger partial charge in [0.1, 0.15) is 17.4 Å². The van der Waals surface area contributed by atoms with Crippen LogP contribution in [0.3, 0.4) is 0 Å². The van der Waals surface area contributed by atoms with E-state index in [0.717, 1.165) is 0 Å². The summed E-state index contributed by atoms with van der Waals surface area (Å²) in [5, 5.41) is 21.9. The number of benzene rings is 2. The van der Waals surface area contributed by atoms with Crippen LogP contribution in [0, 0.1) is 11.3 Å². The lowest BCUT2D eigenvalue weighted by Crippen LogP contribution is -2.13. The quantitative estimate of drug-likeness (QED) is 0.672. The highest BCUT2D eigenvalue weighted by Gasteiger charge is 2.10. The van der Waals surface area contributed by atoms with Gasteiger partial charge in [0.25, 0.3) is 5.91 Å². The number of nitriles is 1. The van der Waals surface area contributed by atoms with E-state index < -0.39 is 5.91 Å². The summed E-state index contributed by atoms with van der Waals surface area (Å²) in [6, 6.07) is 14.8. The zero-order chi connectivity index (χ0) is 15.2. The van der Waals surface area contributed by atoms with Gasteiger partial charge in [-0.25, -0.2) is 0 Å². The van der Waals surface area contributed by atoms with Gasteiger partial charge in [-0.2, -0.15) is 5.26 Å². The molecule has 0 saturated carbocycles. The van der Waals surface area contributed by atoms with Crippen molar-refractivity contribution in [2.45, 2.75) is 0 Å². The Balaban J connectivity index is 2.22. The van der Waals surface area contributed by atoms with Crippen LogP contribution in [0.2, 0.25) is 5.02 Å². The average Bonchev–Trinajstić information content (AvgIpc) is 2.48. The van der Waals surface area contributed by atoms with E-state index in [9.17, 15) is 9.90 Å². The van der Waals surface area contributed by atoms with Gasteiger partial charge in [-0.05, 0) is 36.4 Å². The van der Waals surface area contributed by atoms with Gasteiger partial charge in [0.2, 0.25) is 0 Å². The number of para-hydroxylation sites is 1. The molecule has 5 heteroatoms. The second kappa shape index (κ2) is 6.60. The molecule has 0 spiro atoms. The Morgan fingerprint density at radius 3 is 2.48 bits per heavy atom. The molecule has 0 unspecified atom stereocenters. The first-order valence-electron chi connectivity index (χ1n) is 6.07. The fourth-order valence-electron chi connectivity index (χ4n) is 1.65. The summed E-state index contributed by atoms with van der Waals surface area (Å²) in [5.74, 6) is -0.549. The van der Waals surface area contributed by atoms with Crippen molar-refractivity contribution in [2.24, 2.45) is 0 Å². The van der Waals surface area contributed by atoms with Crippen molar-refractivity contribution in [2.75, 3.05) is 5.32 Å². The van der Waals surface area contributed by atoms with Gasteiger partial charge in [-0.3, -0.25) is 4.79 Å². The number of nitrogens with one attached hydrogen (secondary N) is 1. The van der Waals surface area contributed by atoms with Crippen molar-refractivity contribution in [3.05, 3.63) is 64.7 Å². The molecular weight excluding hydrogens is 288 g/mol. The lowest BCUT2D eigenvalue weighted by Gasteiger charge is -2.04. The van der Waals surface area contributed by atoms with Crippen LogP contribution in [0.25, 0.3) is 6.08 Å². The highest BCUT2D eigenvalue weighted by atomic mass is 35.5. The molecule has 2 aromatic carbocycles. The van der Waals surface area contributed by atoms with Crippen molar-refractivity contribution in [1.82, 2.24) is 0 Å². The standard InChI is InChI=1S/C16H11ClN2O2/c17-13-5-7-14(8-6-13)19-16(21)12(10-18)9-11-3-1-2-4-15(11)20/h1-9,20H,(H,19,21). The number of carbonyl (C=O) groups excluding carboxylic acids is 1. The number of rotatable bonds is 3. The van der Waals surface area contributed by atoms with E-state index in [1.165, 1.54) is 12.1 Å². The van der Waals surface area contributed by atoms with Crippen molar-refractivity contribution >= 4 is 29.3 Å². The second-order valence-electron chi connectivity index (χ2n) is 4.19. The van der Waals surface area contributed by atoms with Crippen molar-refractivity contribution < 1.29 is 9.90 Å². The van der Waals surface area contributed by atoms with Gasteiger partial charge in [0.15, 0.2) is 0 Å². The minimum Gasteiger partial charge on any atom is -0.507 e. The number of carbonyl (C=O) groups is 1. The van der Waals surface area contributed by atoms with Crippen LogP contribution < -0.4 is 5.32 Å². The fourth-order valence-corrected chi connectivity index (χ4v) is 1.77. The molecule has 0 bridgehead atoms. The Kier molecular flexibility index (Phi) is 4.60.